The maximum absolute atomic E-state index is 10.4. The largest absolute Gasteiger partial charge is 0.481 e. The summed E-state index contributed by atoms with van der Waals surface area (Å²) in [6.07, 6.45) is -0.657. The number of carbonyl (C=O) groups is 1. The highest BCUT2D eigenvalue weighted by Gasteiger charge is 2.16. The summed E-state index contributed by atoms with van der Waals surface area (Å²) in [6, 6.07) is 5.09. The van der Waals surface area contributed by atoms with Gasteiger partial charge in [-0.15, -0.1) is 0 Å². The van der Waals surface area contributed by atoms with Crippen LogP contribution >= 0.6 is 0 Å². The van der Waals surface area contributed by atoms with Gasteiger partial charge in [0.1, 0.15) is 0 Å². The first-order valence-corrected chi connectivity index (χ1v) is 4.96. The molecule has 1 unspecified atom stereocenters. The van der Waals surface area contributed by atoms with Crippen LogP contribution in [0.25, 0.3) is 0 Å². The lowest BCUT2D eigenvalue weighted by molar-refractivity contribution is -0.137. The van der Waals surface area contributed by atoms with Crippen molar-refractivity contribution in [3.63, 3.8) is 0 Å². The maximum atomic E-state index is 10.4. The molecule has 1 aromatic rings. The van der Waals surface area contributed by atoms with E-state index in [1.54, 1.807) is 18.2 Å². The zero-order valence-corrected chi connectivity index (χ0v) is 8.55. The molecule has 0 radical (unpaired) electrons. The zero-order valence-electron chi connectivity index (χ0n) is 8.55. The Balaban J connectivity index is 2.06. The summed E-state index contributed by atoms with van der Waals surface area (Å²) in [4.78, 5) is 10.4. The molecule has 1 heterocycles. The second-order valence-corrected chi connectivity index (χ2v) is 3.56. The van der Waals surface area contributed by atoms with Gasteiger partial charge < -0.3 is 19.7 Å². The number of aliphatic hydroxyl groups excluding tert-OH is 1. The Morgan fingerprint density at radius 1 is 1.38 bits per heavy atom. The molecule has 2 N–H and O–H groups in total. The number of ether oxygens (including phenoxy) is 2. The van der Waals surface area contributed by atoms with Crippen LogP contribution in [0.2, 0.25) is 0 Å². The Bertz CT molecular complexity index is 401. The third-order valence-electron chi connectivity index (χ3n) is 2.41. The van der Waals surface area contributed by atoms with Gasteiger partial charge in [-0.1, -0.05) is 6.07 Å². The van der Waals surface area contributed by atoms with E-state index < -0.39 is 12.1 Å². The van der Waals surface area contributed by atoms with E-state index in [0.717, 1.165) is 0 Å². The number of aliphatic hydroxyl groups is 1. The van der Waals surface area contributed by atoms with E-state index >= 15 is 0 Å². The Kier molecular flexibility index (Phi) is 2.96. The van der Waals surface area contributed by atoms with Crippen molar-refractivity contribution in [1.82, 2.24) is 0 Å². The SMILES string of the molecule is O=C(O)CCC(O)c1ccc2c(c1)OCO2. The summed E-state index contributed by atoms with van der Waals surface area (Å²) < 4.78 is 10.3. The molecule has 0 aromatic heterocycles. The van der Waals surface area contributed by atoms with Gasteiger partial charge in [-0.25, -0.2) is 0 Å². The van der Waals surface area contributed by atoms with Crippen LogP contribution in [0, 0.1) is 0 Å². The van der Waals surface area contributed by atoms with Crippen molar-refractivity contribution in [3.05, 3.63) is 23.8 Å². The van der Waals surface area contributed by atoms with Crippen LogP contribution in [0.4, 0.5) is 0 Å². The molecule has 1 aromatic carbocycles. The van der Waals surface area contributed by atoms with Gasteiger partial charge in [-0.05, 0) is 24.1 Å². The summed E-state index contributed by atoms with van der Waals surface area (Å²) >= 11 is 0. The number of benzene rings is 1. The molecule has 1 aliphatic heterocycles. The minimum Gasteiger partial charge on any atom is -0.481 e. The van der Waals surface area contributed by atoms with Crippen molar-refractivity contribution in [2.75, 3.05) is 6.79 Å². The number of carboxylic acid groups (broad SMARTS) is 1. The molecule has 5 nitrogen and oxygen atoms in total. The highest BCUT2D eigenvalue weighted by atomic mass is 16.7. The minimum absolute atomic E-state index is 0.0599. The van der Waals surface area contributed by atoms with Crippen LogP contribution in [-0.2, 0) is 4.79 Å². The first-order chi connectivity index (χ1) is 7.66. The molecule has 0 fully saturated rings. The van der Waals surface area contributed by atoms with E-state index in [1.165, 1.54) is 0 Å². The van der Waals surface area contributed by atoms with E-state index in [2.05, 4.69) is 0 Å². The second kappa shape index (κ2) is 4.40. The van der Waals surface area contributed by atoms with Crippen molar-refractivity contribution in [3.8, 4) is 11.5 Å². The predicted molar refractivity (Wildman–Crippen MR) is 54.4 cm³/mol. The average molecular weight is 224 g/mol. The Morgan fingerprint density at radius 2 is 2.12 bits per heavy atom. The summed E-state index contributed by atoms with van der Waals surface area (Å²) in [7, 11) is 0. The molecule has 86 valence electrons. The van der Waals surface area contributed by atoms with Crippen LogP contribution in [0.5, 0.6) is 11.5 Å². The van der Waals surface area contributed by atoms with E-state index in [1.807, 2.05) is 0 Å². The van der Waals surface area contributed by atoms with E-state index in [0.29, 0.717) is 17.1 Å². The van der Waals surface area contributed by atoms with Crippen molar-refractivity contribution < 1.29 is 24.5 Å². The number of aliphatic carboxylic acids is 1. The monoisotopic (exact) mass is 224 g/mol. The first kappa shape index (κ1) is 10.8. The standard InChI is InChI=1S/C11H12O5/c12-8(2-4-11(13)14)7-1-3-9-10(5-7)16-6-15-9/h1,3,5,8,12H,2,4,6H2,(H,13,14). The molecular weight excluding hydrogens is 212 g/mol. The Labute approximate surface area is 92.2 Å². The predicted octanol–water partition coefficient (Wildman–Crippen LogP) is 1.31. The molecule has 1 aliphatic rings. The third-order valence-corrected chi connectivity index (χ3v) is 2.41. The van der Waals surface area contributed by atoms with Crippen LogP contribution in [-0.4, -0.2) is 23.0 Å². The molecule has 5 heteroatoms. The lowest BCUT2D eigenvalue weighted by Gasteiger charge is -2.09. The van der Waals surface area contributed by atoms with Gasteiger partial charge in [0.05, 0.1) is 6.10 Å². The zero-order chi connectivity index (χ0) is 11.5. The van der Waals surface area contributed by atoms with E-state index in [-0.39, 0.29) is 19.6 Å². The highest BCUT2D eigenvalue weighted by Crippen LogP contribution is 2.34. The molecule has 2 rings (SSSR count). The summed E-state index contributed by atoms with van der Waals surface area (Å²) in [6.45, 7) is 0.185. The molecule has 1 atom stereocenters. The Morgan fingerprint density at radius 3 is 2.88 bits per heavy atom. The van der Waals surface area contributed by atoms with Gasteiger partial charge in [0, 0.05) is 6.42 Å². The number of rotatable bonds is 4. The normalized spacial score (nSPS) is 14.8. The molecule has 0 spiro atoms. The van der Waals surface area contributed by atoms with E-state index in [4.69, 9.17) is 14.6 Å². The quantitative estimate of drug-likeness (QED) is 0.806. The van der Waals surface area contributed by atoms with Crippen molar-refractivity contribution in [2.24, 2.45) is 0 Å². The van der Waals surface area contributed by atoms with Gasteiger partial charge in [0.25, 0.3) is 0 Å². The van der Waals surface area contributed by atoms with E-state index in [9.17, 15) is 9.90 Å². The molecule has 0 saturated carbocycles. The molecule has 0 bridgehead atoms. The first-order valence-electron chi connectivity index (χ1n) is 4.96. The van der Waals surface area contributed by atoms with Gasteiger partial charge in [0.2, 0.25) is 6.79 Å². The number of fused-ring (bicyclic) bond motifs is 1. The number of hydrogen-bond donors (Lipinski definition) is 2. The van der Waals surface area contributed by atoms with Gasteiger partial charge in [-0.3, -0.25) is 4.79 Å². The van der Waals surface area contributed by atoms with Crippen molar-refractivity contribution in [2.45, 2.75) is 18.9 Å². The average Bonchev–Trinajstić information content (AvgIpc) is 2.72. The fourth-order valence-corrected chi connectivity index (χ4v) is 1.55. The fourth-order valence-electron chi connectivity index (χ4n) is 1.55. The molecule has 0 saturated heterocycles. The van der Waals surface area contributed by atoms with Gasteiger partial charge in [-0.2, -0.15) is 0 Å². The van der Waals surface area contributed by atoms with Crippen LogP contribution in [0.1, 0.15) is 24.5 Å². The van der Waals surface area contributed by atoms with Crippen molar-refractivity contribution in [1.29, 1.82) is 0 Å². The smallest absolute Gasteiger partial charge is 0.303 e. The van der Waals surface area contributed by atoms with Crippen LogP contribution in [0.15, 0.2) is 18.2 Å². The summed E-state index contributed by atoms with van der Waals surface area (Å²) in [5.41, 5.74) is 0.644. The minimum atomic E-state index is -0.917. The lowest BCUT2D eigenvalue weighted by Crippen LogP contribution is -2.02. The highest BCUT2D eigenvalue weighted by molar-refractivity contribution is 5.66. The van der Waals surface area contributed by atoms with Gasteiger partial charge in [0.15, 0.2) is 11.5 Å². The summed E-state index contributed by atoms with van der Waals surface area (Å²) in [5.74, 6) is 0.320. The van der Waals surface area contributed by atoms with Gasteiger partial charge >= 0.3 is 5.97 Å². The third kappa shape index (κ3) is 2.25. The second-order valence-electron chi connectivity index (χ2n) is 3.56. The van der Waals surface area contributed by atoms with Crippen molar-refractivity contribution >= 4 is 5.97 Å². The molecule has 16 heavy (non-hydrogen) atoms. The summed E-state index contributed by atoms with van der Waals surface area (Å²) in [5, 5.41) is 18.2. The molecule has 0 aliphatic carbocycles. The lowest BCUT2D eigenvalue weighted by atomic mass is 10.0. The van der Waals surface area contributed by atoms with Crippen LogP contribution in [0.3, 0.4) is 0 Å². The van der Waals surface area contributed by atoms with Crippen LogP contribution < -0.4 is 9.47 Å². The Hall–Kier alpha value is -1.75. The number of carboxylic acids is 1. The molecular formula is C11H12O5. The maximum Gasteiger partial charge on any atom is 0.303 e. The molecule has 0 amide bonds. The fraction of sp³-hybridized carbons (Fsp3) is 0.364. The topological polar surface area (TPSA) is 76.0 Å². The number of hydrogen-bond acceptors (Lipinski definition) is 4.